The van der Waals surface area contributed by atoms with E-state index in [0.29, 0.717) is 11.4 Å². The lowest BCUT2D eigenvalue weighted by atomic mass is 9.85. The van der Waals surface area contributed by atoms with Crippen LogP contribution in [-0.4, -0.2) is 23.1 Å². The van der Waals surface area contributed by atoms with Crippen LogP contribution in [0.5, 0.6) is 0 Å². The average molecular weight is 234 g/mol. The van der Waals surface area contributed by atoms with Crippen molar-refractivity contribution in [2.45, 2.75) is 40.0 Å². The summed E-state index contributed by atoms with van der Waals surface area (Å²) in [4.78, 5) is 10.8. The van der Waals surface area contributed by atoms with E-state index in [0.717, 1.165) is 24.5 Å². The zero-order valence-corrected chi connectivity index (χ0v) is 11.0. The first kappa shape index (κ1) is 12.1. The fourth-order valence-electron chi connectivity index (χ4n) is 2.40. The van der Waals surface area contributed by atoms with Crippen molar-refractivity contribution in [3.05, 3.63) is 11.8 Å². The summed E-state index contributed by atoms with van der Waals surface area (Å²) >= 11 is 0. The van der Waals surface area contributed by atoms with Crippen molar-refractivity contribution < 1.29 is 0 Å². The van der Waals surface area contributed by atoms with Gasteiger partial charge in [-0.05, 0) is 31.6 Å². The minimum atomic E-state index is 0.370. The van der Waals surface area contributed by atoms with Gasteiger partial charge in [-0.25, -0.2) is 4.98 Å². The van der Waals surface area contributed by atoms with Gasteiger partial charge in [0.15, 0.2) is 0 Å². The third-order valence-electron chi connectivity index (χ3n) is 3.60. The Labute approximate surface area is 103 Å². The average Bonchev–Trinajstić information content (AvgIpc) is 2.43. The Hall–Kier alpha value is -1.32. The van der Waals surface area contributed by atoms with E-state index < -0.39 is 0 Å². The van der Waals surface area contributed by atoms with Crippen LogP contribution in [0.2, 0.25) is 0 Å². The van der Waals surface area contributed by atoms with Crippen LogP contribution in [-0.2, 0) is 0 Å². The van der Waals surface area contributed by atoms with Gasteiger partial charge >= 0.3 is 0 Å². The Morgan fingerprint density at radius 2 is 2.06 bits per heavy atom. The molecule has 1 fully saturated rings. The summed E-state index contributed by atoms with van der Waals surface area (Å²) in [6.45, 7) is 8.87. The molecule has 0 unspecified atom stereocenters. The molecule has 0 atom stereocenters. The maximum Gasteiger partial charge on any atom is 0.221 e. The molecule has 0 spiro atoms. The van der Waals surface area contributed by atoms with Crippen LogP contribution in [0.25, 0.3) is 0 Å². The van der Waals surface area contributed by atoms with E-state index in [-0.39, 0.29) is 0 Å². The van der Waals surface area contributed by atoms with E-state index in [2.05, 4.69) is 28.7 Å². The van der Waals surface area contributed by atoms with Gasteiger partial charge in [0, 0.05) is 24.8 Å². The van der Waals surface area contributed by atoms with Gasteiger partial charge in [-0.2, -0.15) is 4.98 Å². The first-order valence-corrected chi connectivity index (χ1v) is 6.32. The summed E-state index contributed by atoms with van der Waals surface area (Å²) in [7, 11) is 0. The number of nitrogens with two attached hydrogens (primary N) is 1. The smallest absolute Gasteiger partial charge is 0.221 e. The quantitative estimate of drug-likeness (QED) is 0.810. The predicted octanol–water partition coefficient (Wildman–Crippen LogP) is 2.38. The summed E-state index contributed by atoms with van der Waals surface area (Å²) < 4.78 is 0. The molecular weight excluding hydrogens is 212 g/mol. The molecule has 1 aliphatic heterocycles. The van der Waals surface area contributed by atoms with Crippen molar-refractivity contribution in [2.75, 3.05) is 23.7 Å². The largest absolute Gasteiger partial charge is 0.368 e. The minimum Gasteiger partial charge on any atom is -0.368 e. The maximum absolute atomic E-state index is 5.68. The number of aryl methyl sites for hydroxylation is 1. The molecule has 0 bridgehead atoms. The summed E-state index contributed by atoms with van der Waals surface area (Å²) in [5, 5.41) is 0. The molecule has 0 aromatic carbocycles. The molecule has 94 valence electrons. The van der Waals surface area contributed by atoms with Gasteiger partial charge in [-0.15, -0.1) is 0 Å². The standard InChI is InChI=1S/C13H22N4/c1-10-9-15-12(14)16-11(10)17-7-4-5-13(2,3)6-8-17/h9H,4-8H2,1-3H3,(H2,14,15,16). The molecule has 1 saturated heterocycles. The first-order chi connectivity index (χ1) is 7.98. The molecule has 4 nitrogen and oxygen atoms in total. The van der Waals surface area contributed by atoms with E-state index in [1.54, 1.807) is 0 Å². The number of anilines is 2. The highest BCUT2D eigenvalue weighted by Crippen LogP contribution is 2.31. The van der Waals surface area contributed by atoms with Crippen molar-refractivity contribution in [2.24, 2.45) is 5.41 Å². The second kappa shape index (κ2) is 4.51. The first-order valence-electron chi connectivity index (χ1n) is 6.32. The second-order valence-electron chi connectivity index (χ2n) is 5.74. The van der Waals surface area contributed by atoms with Crippen molar-refractivity contribution in [1.82, 2.24) is 9.97 Å². The predicted molar refractivity (Wildman–Crippen MR) is 71.0 cm³/mol. The molecule has 2 rings (SSSR count). The van der Waals surface area contributed by atoms with E-state index in [1.807, 2.05) is 13.1 Å². The number of hydrogen-bond donors (Lipinski definition) is 1. The van der Waals surface area contributed by atoms with Crippen LogP contribution < -0.4 is 10.6 Å². The van der Waals surface area contributed by atoms with Crippen LogP contribution in [0.1, 0.15) is 38.7 Å². The van der Waals surface area contributed by atoms with Gasteiger partial charge in [0.2, 0.25) is 5.95 Å². The van der Waals surface area contributed by atoms with E-state index in [4.69, 9.17) is 5.73 Å². The van der Waals surface area contributed by atoms with Gasteiger partial charge in [0.05, 0.1) is 0 Å². The topological polar surface area (TPSA) is 55.0 Å². The SMILES string of the molecule is Cc1cnc(N)nc1N1CCCC(C)(C)CC1. The van der Waals surface area contributed by atoms with Gasteiger partial charge in [-0.1, -0.05) is 13.8 Å². The molecule has 0 aliphatic carbocycles. The Balaban J connectivity index is 2.19. The van der Waals surface area contributed by atoms with Crippen molar-refractivity contribution in [3.8, 4) is 0 Å². The molecule has 17 heavy (non-hydrogen) atoms. The lowest BCUT2D eigenvalue weighted by Gasteiger charge is -2.25. The third-order valence-corrected chi connectivity index (χ3v) is 3.60. The van der Waals surface area contributed by atoms with E-state index >= 15 is 0 Å². The van der Waals surface area contributed by atoms with Gasteiger partial charge in [0.25, 0.3) is 0 Å². The van der Waals surface area contributed by atoms with Crippen molar-refractivity contribution >= 4 is 11.8 Å². The maximum atomic E-state index is 5.68. The Bertz CT molecular complexity index is 400. The van der Waals surface area contributed by atoms with Crippen molar-refractivity contribution in [1.29, 1.82) is 0 Å². The van der Waals surface area contributed by atoms with Gasteiger partial charge < -0.3 is 10.6 Å². The molecular formula is C13H22N4. The molecule has 2 N–H and O–H groups in total. The number of nitrogen functional groups attached to an aromatic ring is 1. The molecule has 0 amide bonds. The second-order valence-corrected chi connectivity index (χ2v) is 5.74. The molecule has 4 heteroatoms. The molecule has 0 radical (unpaired) electrons. The molecule has 1 aromatic rings. The summed E-state index contributed by atoms with van der Waals surface area (Å²) in [5.41, 5.74) is 7.23. The van der Waals surface area contributed by atoms with Gasteiger partial charge in [-0.3, -0.25) is 0 Å². The highest BCUT2D eigenvalue weighted by Gasteiger charge is 2.24. The zero-order valence-electron chi connectivity index (χ0n) is 11.0. The molecule has 1 aliphatic rings. The molecule has 0 saturated carbocycles. The third kappa shape index (κ3) is 2.87. The van der Waals surface area contributed by atoms with Crippen LogP contribution in [0, 0.1) is 12.3 Å². The van der Waals surface area contributed by atoms with Crippen molar-refractivity contribution in [3.63, 3.8) is 0 Å². The van der Waals surface area contributed by atoms with Gasteiger partial charge in [0.1, 0.15) is 5.82 Å². The van der Waals surface area contributed by atoms with Crippen LogP contribution in [0.4, 0.5) is 11.8 Å². The van der Waals surface area contributed by atoms with Crippen LogP contribution >= 0.6 is 0 Å². The Morgan fingerprint density at radius 1 is 1.29 bits per heavy atom. The number of hydrogen-bond acceptors (Lipinski definition) is 4. The minimum absolute atomic E-state index is 0.370. The summed E-state index contributed by atoms with van der Waals surface area (Å²) in [6.07, 6.45) is 5.52. The molecule has 2 heterocycles. The highest BCUT2D eigenvalue weighted by atomic mass is 15.2. The summed E-state index contributed by atoms with van der Waals surface area (Å²) in [5.74, 6) is 1.38. The Morgan fingerprint density at radius 3 is 2.82 bits per heavy atom. The highest BCUT2D eigenvalue weighted by molar-refractivity contribution is 5.48. The number of rotatable bonds is 1. The Kier molecular flexibility index (Phi) is 3.22. The summed E-state index contributed by atoms with van der Waals surface area (Å²) in [6, 6.07) is 0. The van der Waals surface area contributed by atoms with Crippen LogP contribution in [0.15, 0.2) is 6.20 Å². The lowest BCUT2D eigenvalue weighted by molar-refractivity contribution is 0.325. The van der Waals surface area contributed by atoms with E-state index in [9.17, 15) is 0 Å². The lowest BCUT2D eigenvalue weighted by Crippen LogP contribution is -2.27. The fraction of sp³-hybridized carbons (Fsp3) is 0.692. The monoisotopic (exact) mass is 234 g/mol. The van der Waals surface area contributed by atoms with E-state index in [1.165, 1.54) is 19.3 Å². The number of aromatic nitrogens is 2. The molecule has 1 aromatic heterocycles. The zero-order chi connectivity index (χ0) is 12.5. The van der Waals surface area contributed by atoms with Crippen LogP contribution in [0.3, 0.4) is 0 Å². The fourth-order valence-corrected chi connectivity index (χ4v) is 2.40. The normalized spacial score (nSPS) is 20.1. The number of nitrogens with zero attached hydrogens (tertiary/aromatic N) is 3.